The Balaban J connectivity index is 1.75. The first-order chi connectivity index (χ1) is 13.0. The van der Waals surface area contributed by atoms with Crippen LogP contribution >= 0.6 is 23.2 Å². The van der Waals surface area contributed by atoms with Crippen molar-refractivity contribution in [1.82, 2.24) is 15.0 Å². The minimum atomic E-state index is -0.509. The Hall–Kier alpha value is -2.96. The molecule has 0 saturated heterocycles. The van der Waals surface area contributed by atoms with E-state index in [0.717, 1.165) is 0 Å². The molecule has 4 aromatic rings. The zero-order valence-electron chi connectivity index (χ0n) is 13.6. The van der Waals surface area contributed by atoms with E-state index in [0.29, 0.717) is 22.4 Å². The van der Waals surface area contributed by atoms with Crippen LogP contribution in [0.3, 0.4) is 0 Å². The van der Waals surface area contributed by atoms with Crippen molar-refractivity contribution in [3.05, 3.63) is 76.2 Å². The Morgan fingerprint density at radius 1 is 1.07 bits per heavy atom. The van der Waals surface area contributed by atoms with E-state index in [1.54, 1.807) is 36.5 Å². The van der Waals surface area contributed by atoms with Crippen LogP contribution in [0.15, 0.2) is 54.7 Å². The van der Waals surface area contributed by atoms with Gasteiger partial charge in [-0.15, -0.1) is 0 Å². The second-order valence-electron chi connectivity index (χ2n) is 5.70. The summed E-state index contributed by atoms with van der Waals surface area (Å²) in [7, 11) is 0. The molecule has 0 fully saturated rings. The molecule has 0 spiro atoms. The fourth-order valence-electron chi connectivity index (χ4n) is 2.67. The van der Waals surface area contributed by atoms with Gasteiger partial charge in [-0.05, 0) is 36.4 Å². The summed E-state index contributed by atoms with van der Waals surface area (Å²) in [6, 6.07) is 12.6. The molecule has 0 aliphatic carbocycles. The number of carbonyl (C=O) groups is 1. The fraction of sp³-hybridized carbons (Fsp3) is 0. The average Bonchev–Trinajstić information content (AvgIpc) is 3.06. The predicted octanol–water partition coefficient (Wildman–Crippen LogP) is 5.32. The van der Waals surface area contributed by atoms with Crippen molar-refractivity contribution in [3.63, 3.8) is 0 Å². The summed E-state index contributed by atoms with van der Waals surface area (Å²) in [5.74, 6) is -0.242. The molecule has 0 saturated carbocycles. The zero-order chi connectivity index (χ0) is 19.0. The number of amides is 1. The van der Waals surface area contributed by atoms with Crippen LogP contribution in [0, 0.1) is 5.82 Å². The second kappa shape index (κ2) is 6.98. The number of fused-ring (bicyclic) bond motifs is 1. The number of hydrogen-bond donors (Lipinski definition) is 2. The number of rotatable bonds is 3. The van der Waals surface area contributed by atoms with Crippen LogP contribution < -0.4 is 5.32 Å². The van der Waals surface area contributed by atoms with E-state index in [1.165, 1.54) is 18.2 Å². The Kier molecular flexibility index (Phi) is 4.51. The van der Waals surface area contributed by atoms with Gasteiger partial charge in [-0.25, -0.2) is 14.4 Å². The van der Waals surface area contributed by atoms with Gasteiger partial charge in [-0.2, -0.15) is 0 Å². The molecule has 4 rings (SSSR count). The number of nitrogens with zero attached hydrogens (tertiary/aromatic N) is 2. The summed E-state index contributed by atoms with van der Waals surface area (Å²) >= 11 is 12.4. The average molecular weight is 401 g/mol. The van der Waals surface area contributed by atoms with Crippen molar-refractivity contribution in [2.24, 2.45) is 0 Å². The molecule has 0 atom stereocenters. The Morgan fingerprint density at radius 2 is 1.93 bits per heavy atom. The highest BCUT2D eigenvalue weighted by atomic mass is 35.5. The number of halogens is 3. The number of pyridine rings is 1. The van der Waals surface area contributed by atoms with Crippen molar-refractivity contribution < 1.29 is 9.18 Å². The first kappa shape index (κ1) is 17.5. The molecule has 134 valence electrons. The number of aromatic amines is 1. The summed E-state index contributed by atoms with van der Waals surface area (Å²) < 4.78 is 14.2. The Morgan fingerprint density at radius 3 is 2.67 bits per heavy atom. The van der Waals surface area contributed by atoms with E-state index in [2.05, 4.69) is 20.3 Å². The van der Waals surface area contributed by atoms with E-state index in [9.17, 15) is 9.18 Å². The molecule has 0 aliphatic heterocycles. The number of imidazole rings is 1. The molecule has 2 heterocycles. The number of benzene rings is 2. The summed E-state index contributed by atoms with van der Waals surface area (Å²) in [6.45, 7) is 0. The maximum absolute atomic E-state index is 14.2. The number of H-pyrrole nitrogens is 1. The number of nitrogens with one attached hydrogen (secondary N) is 2. The summed E-state index contributed by atoms with van der Waals surface area (Å²) in [6.07, 6.45) is 1.57. The van der Waals surface area contributed by atoms with Gasteiger partial charge in [0.2, 0.25) is 0 Å². The number of anilines is 1. The molecule has 8 heteroatoms. The van der Waals surface area contributed by atoms with E-state index < -0.39 is 5.82 Å². The zero-order valence-corrected chi connectivity index (χ0v) is 15.1. The maximum atomic E-state index is 14.2. The third-order valence-electron chi connectivity index (χ3n) is 3.91. The Labute approximate surface area is 163 Å². The van der Waals surface area contributed by atoms with Crippen molar-refractivity contribution in [2.75, 3.05) is 5.32 Å². The molecule has 0 unspecified atom stereocenters. The van der Waals surface area contributed by atoms with Gasteiger partial charge in [0.25, 0.3) is 5.91 Å². The first-order valence-electron chi connectivity index (χ1n) is 7.89. The van der Waals surface area contributed by atoms with Crippen LogP contribution in [-0.2, 0) is 0 Å². The lowest BCUT2D eigenvalue weighted by molar-refractivity contribution is 0.102. The SMILES string of the molecule is O=C(Nc1ccccn1)c1cc(Cl)c2[nH]c(-c3c(F)cccc3Cl)nc2c1. The number of hydrogen-bond acceptors (Lipinski definition) is 3. The largest absolute Gasteiger partial charge is 0.337 e. The summed E-state index contributed by atoms with van der Waals surface area (Å²) in [5.41, 5.74) is 1.35. The first-order valence-corrected chi connectivity index (χ1v) is 8.64. The molecule has 27 heavy (non-hydrogen) atoms. The van der Waals surface area contributed by atoms with Gasteiger partial charge in [-0.3, -0.25) is 4.79 Å². The van der Waals surface area contributed by atoms with Crippen LogP contribution in [0.4, 0.5) is 10.2 Å². The molecule has 2 aromatic heterocycles. The van der Waals surface area contributed by atoms with Gasteiger partial charge in [0.15, 0.2) is 0 Å². The van der Waals surface area contributed by atoms with E-state index in [4.69, 9.17) is 23.2 Å². The maximum Gasteiger partial charge on any atom is 0.256 e. The highest BCUT2D eigenvalue weighted by Crippen LogP contribution is 2.32. The van der Waals surface area contributed by atoms with Crippen molar-refractivity contribution in [2.45, 2.75) is 0 Å². The molecular formula is C19H11Cl2FN4O. The third-order valence-corrected chi connectivity index (χ3v) is 4.53. The standard InChI is InChI=1S/C19H11Cl2FN4O/c20-11-4-3-5-13(22)16(11)18-24-14-9-10(8-12(21)17(14)26-18)19(27)25-15-6-1-2-7-23-15/h1-9H,(H,24,26)(H,23,25,27). The lowest BCUT2D eigenvalue weighted by atomic mass is 10.2. The van der Waals surface area contributed by atoms with Gasteiger partial charge in [0.1, 0.15) is 17.5 Å². The topological polar surface area (TPSA) is 70.7 Å². The number of carbonyl (C=O) groups excluding carboxylic acids is 1. The van der Waals surface area contributed by atoms with Crippen molar-refractivity contribution in [1.29, 1.82) is 0 Å². The van der Waals surface area contributed by atoms with Crippen LogP contribution in [0.25, 0.3) is 22.4 Å². The highest BCUT2D eigenvalue weighted by Gasteiger charge is 2.17. The minimum Gasteiger partial charge on any atom is -0.337 e. The van der Waals surface area contributed by atoms with Crippen LogP contribution in [0.5, 0.6) is 0 Å². The van der Waals surface area contributed by atoms with Gasteiger partial charge in [0.05, 0.1) is 26.6 Å². The molecule has 2 N–H and O–H groups in total. The van der Waals surface area contributed by atoms with Gasteiger partial charge in [-0.1, -0.05) is 35.3 Å². The molecule has 1 amide bonds. The van der Waals surface area contributed by atoms with Crippen LogP contribution in [-0.4, -0.2) is 20.9 Å². The van der Waals surface area contributed by atoms with Gasteiger partial charge < -0.3 is 10.3 Å². The monoisotopic (exact) mass is 400 g/mol. The van der Waals surface area contributed by atoms with Crippen molar-refractivity contribution >= 4 is 46.0 Å². The van der Waals surface area contributed by atoms with Crippen LogP contribution in [0.2, 0.25) is 10.0 Å². The molecule has 0 radical (unpaired) electrons. The normalized spacial score (nSPS) is 10.9. The smallest absolute Gasteiger partial charge is 0.256 e. The second-order valence-corrected chi connectivity index (χ2v) is 6.52. The Bertz CT molecular complexity index is 1140. The highest BCUT2D eigenvalue weighted by molar-refractivity contribution is 6.36. The fourth-order valence-corrected chi connectivity index (χ4v) is 3.18. The van der Waals surface area contributed by atoms with E-state index in [-0.39, 0.29) is 27.3 Å². The summed E-state index contributed by atoms with van der Waals surface area (Å²) in [5, 5.41) is 3.18. The lowest BCUT2D eigenvalue weighted by Gasteiger charge is -2.04. The van der Waals surface area contributed by atoms with Gasteiger partial charge >= 0.3 is 0 Å². The molecule has 0 bridgehead atoms. The molecule has 5 nitrogen and oxygen atoms in total. The molecule has 0 aliphatic rings. The van der Waals surface area contributed by atoms with Crippen molar-refractivity contribution in [3.8, 4) is 11.4 Å². The molecule has 2 aromatic carbocycles. The quantitative estimate of drug-likeness (QED) is 0.488. The van der Waals surface area contributed by atoms with E-state index >= 15 is 0 Å². The third kappa shape index (κ3) is 3.37. The summed E-state index contributed by atoms with van der Waals surface area (Å²) in [4.78, 5) is 23.8. The predicted molar refractivity (Wildman–Crippen MR) is 104 cm³/mol. The van der Waals surface area contributed by atoms with E-state index in [1.807, 2.05) is 0 Å². The van der Waals surface area contributed by atoms with Crippen LogP contribution in [0.1, 0.15) is 10.4 Å². The number of aromatic nitrogens is 3. The lowest BCUT2D eigenvalue weighted by Crippen LogP contribution is -2.12. The molecular weight excluding hydrogens is 390 g/mol. The van der Waals surface area contributed by atoms with Gasteiger partial charge in [0, 0.05) is 11.8 Å². The minimum absolute atomic E-state index is 0.144.